The van der Waals surface area contributed by atoms with Crippen LogP contribution in [0.25, 0.3) is 0 Å². The summed E-state index contributed by atoms with van der Waals surface area (Å²) in [6, 6.07) is 5.00. The van der Waals surface area contributed by atoms with E-state index >= 15 is 0 Å². The number of nitrogens with zero attached hydrogens (tertiary/aromatic N) is 2. The minimum Gasteiger partial charge on any atom is -0.366 e. The molecule has 4 nitrogen and oxygen atoms in total. The zero-order valence-corrected chi connectivity index (χ0v) is 7.47. The second-order valence-electron chi connectivity index (χ2n) is 2.68. The number of primary amides is 1. The maximum atomic E-state index is 10.8. The summed E-state index contributed by atoms with van der Waals surface area (Å²) in [6.45, 7) is 3.50. The summed E-state index contributed by atoms with van der Waals surface area (Å²) in [4.78, 5) is 14.8. The van der Waals surface area contributed by atoms with Crippen molar-refractivity contribution in [2.45, 2.75) is 5.92 Å². The number of nitriles is 1. The Morgan fingerprint density at radius 2 is 2.50 bits per heavy atom. The Kier molecular flexibility index (Phi) is 2.97. The Balaban J connectivity index is 3.12. The maximum absolute atomic E-state index is 10.8. The second-order valence-corrected chi connectivity index (χ2v) is 2.68. The van der Waals surface area contributed by atoms with Crippen LogP contribution >= 0.6 is 0 Å². The summed E-state index contributed by atoms with van der Waals surface area (Å²) in [5.74, 6) is -1.04. The molecule has 0 aliphatic heterocycles. The van der Waals surface area contributed by atoms with Gasteiger partial charge in [-0.05, 0) is 12.1 Å². The molecule has 1 atom stereocenters. The van der Waals surface area contributed by atoms with E-state index in [2.05, 4.69) is 11.6 Å². The van der Waals surface area contributed by atoms with Crippen LogP contribution in [0, 0.1) is 11.3 Å². The molecule has 0 saturated heterocycles. The average Bonchev–Trinajstić information content (AvgIpc) is 2.20. The fourth-order valence-electron chi connectivity index (χ4n) is 1.01. The van der Waals surface area contributed by atoms with Crippen molar-refractivity contribution in [3.8, 4) is 6.07 Å². The number of hydrogen-bond acceptors (Lipinski definition) is 3. The predicted molar refractivity (Wildman–Crippen MR) is 51.3 cm³/mol. The van der Waals surface area contributed by atoms with Crippen molar-refractivity contribution < 1.29 is 4.79 Å². The van der Waals surface area contributed by atoms with E-state index in [1.165, 1.54) is 24.4 Å². The molecule has 1 aromatic heterocycles. The summed E-state index contributed by atoms with van der Waals surface area (Å²) < 4.78 is 0. The number of aromatic nitrogens is 1. The number of carbonyl (C=O) groups is 1. The third kappa shape index (κ3) is 1.96. The molecule has 0 spiro atoms. The first-order valence-electron chi connectivity index (χ1n) is 3.97. The smallest absolute Gasteiger partial charge is 0.248 e. The van der Waals surface area contributed by atoms with Crippen molar-refractivity contribution >= 4 is 5.91 Å². The molecule has 0 bridgehead atoms. The minimum absolute atomic E-state index is 0.345. The molecule has 1 unspecified atom stereocenters. The molecule has 0 fully saturated rings. The maximum Gasteiger partial charge on any atom is 0.248 e. The molecular weight excluding hydrogens is 178 g/mol. The van der Waals surface area contributed by atoms with Gasteiger partial charge in [-0.1, -0.05) is 6.08 Å². The summed E-state index contributed by atoms with van der Waals surface area (Å²) in [5.41, 5.74) is 5.92. The van der Waals surface area contributed by atoms with E-state index in [0.29, 0.717) is 11.3 Å². The van der Waals surface area contributed by atoms with Gasteiger partial charge in [0.05, 0.1) is 11.8 Å². The molecule has 1 amide bonds. The lowest BCUT2D eigenvalue weighted by molar-refractivity contribution is 0.1000. The highest BCUT2D eigenvalue weighted by Gasteiger charge is 2.09. The fraction of sp³-hybridized carbons (Fsp3) is 0.100. The zero-order valence-electron chi connectivity index (χ0n) is 7.47. The molecule has 0 aromatic carbocycles. The summed E-state index contributed by atoms with van der Waals surface area (Å²) in [5, 5.41) is 8.73. The Hall–Kier alpha value is -2.15. The number of allylic oxidation sites excluding steroid dienone is 1. The molecule has 0 radical (unpaired) electrons. The lowest BCUT2D eigenvalue weighted by atomic mass is 10.1. The van der Waals surface area contributed by atoms with Gasteiger partial charge in [0.1, 0.15) is 5.92 Å². The predicted octanol–water partition coefficient (Wildman–Crippen LogP) is 0.974. The Morgan fingerprint density at radius 1 is 1.79 bits per heavy atom. The van der Waals surface area contributed by atoms with Crippen molar-refractivity contribution in [2.24, 2.45) is 5.73 Å². The van der Waals surface area contributed by atoms with E-state index in [1.54, 1.807) is 0 Å². The highest BCUT2D eigenvalue weighted by molar-refractivity contribution is 5.92. The molecule has 4 heteroatoms. The van der Waals surface area contributed by atoms with Crippen LogP contribution < -0.4 is 5.73 Å². The highest BCUT2D eigenvalue weighted by Crippen LogP contribution is 2.14. The van der Waals surface area contributed by atoms with Gasteiger partial charge in [-0.25, -0.2) is 0 Å². The number of pyridine rings is 1. The first kappa shape index (κ1) is 9.93. The topological polar surface area (TPSA) is 79.8 Å². The van der Waals surface area contributed by atoms with E-state index in [9.17, 15) is 4.79 Å². The van der Waals surface area contributed by atoms with Gasteiger partial charge in [-0.15, -0.1) is 6.58 Å². The van der Waals surface area contributed by atoms with E-state index in [4.69, 9.17) is 11.0 Å². The molecule has 0 aliphatic rings. The normalized spacial score (nSPS) is 11.4. The van der Waals surface area contributed by atoms with Gasteiger partial charge < -0.3 is 5.73 Å². The van der Waals surface area contributed by atoms with Crippen LogP contribution in [0.3, 0.4) is 0 Å². The third-order valence-electron chi connectivity index (χ3n) is 1.76. The molecule has 1 rings (SSSR count). The van der Waals surface area contributed by atoms with Crippen molar-refractivity contribution in [3.05, 3.63) is 42.2 Å². The van der Waals surface area contributed by atoms with Crippen molar-refractivity contribution in [1.29, 1.82) is 5.26 Å². The van der Waals surface area contributed by atoms with Crippen LogP contribution in [0.5, 0.6) is 0 Å². The zero-order chi connectivity index (χ0) is 10.6. The van der Waals surface area contributed by atoms with Gasteiger partial charge in [0.25, 0.3) is 0 Å². The average molecular weight is 187 g/mol. The van der Waals surface area contributed by atoms with Gasteiger partial charge in [0, 0.05) is 11.8 Å². The third-order valence-corrected chi connectivity index (χ3v) is 1.76. The molecule has 14 heavy (non-hydrogen) atoms. The van der Waals surface area contributed by atoms with Crippen LogP contribution in [0.4, 0.5) is 0 Å². The van der Waals surface area contributed by atoms with E-state index in [-0.39, 0.29) is 0 Å². The van der Waals surface area contributed by atoms with Gasteiger partial charge in [-0.2, -0.15) is 5.26 Å². The second kappa shape index (κ2) is 4.19. The van der Waals surface area contributed by atoms with E-state index in [1.807, 2.05) is 6.07 Å². The SMILES string of the molecule is C=CC(C#N)c1cc(C(N)=O)ccn1. The summed E-state index contributed by atoms with van der Waals surface area (Å²) in [7, 11) is 0. The minimum atomic E-state index is -0.533. The number of nitrogens with two attached hydrogens (primary N) is 1. The molecule has 70 valence electrons. The quantitative estimate of drug-likeness (QED) is 0.716. The van der Waals surface area contributed by atoms with E-state index in [0.717, 1.165) is 0 Å². The lowest BCUT2D eigenvalue weighted by Gasteiger charge is -2.03. The van der Waals surface area contributed by atoms with Crippen molar-refractivity contribution in [3.63, 3.8) is 0 Å². The van der Waals surface area contributed by atoms with E-state index < -0.39 is 11.8 Å². The number of hydrogen-bond donors (Lipinski definition) is 1. The summed E-state index contributed by atoms with van der Waals surface area (Å²) in [6.07, 6.45) is 2.91. The van der Waals surface area contributed by atoms with Crippen LogP contribution in [0.1, 0.15) is 22.0 Å². The number of carbonyl (C=O) groups excluding carboxylic acids is 1. The molecule has 0 aliphatic carbocycles. The fourth-order valence-corrected chi connectivity index (χ4v) is 1.01. The van der Waals surface area contributed by atoms with Crippen LogP contribution in [0.15, 0.2) is 31.0 Å². The molecular formula is C10H9N3O. The first-order valence-corrected chi connectivity index (χ1v) is 3.97. The number of rotatable bonds is 3. The largest absolute Gasteiger partial charge is 0.366 e. The lowest BCUT2D eigenvalue weighted by Crippen LogP contribution is -2.12. The standard InChI is InChI=1S/C10H9N3O/c1-2-7(6-11)9-5-8(10(12)14)3-4-13-9/h2-5,7H,1H2,(H2,12,14). The summed E-state index contributed by atoms with van der Waals surface area (Å²) >= 11 is 0. The van der Waals surface area contributed by atoms with Crippen LogP contribution in [0.2, 0.25) is 0 Å². The monoisotopic (exact) mass is 187 g/mol. The van der Waals surface area contributed by atoms with Crippen molar-refractivity contribution in [1.82, 2.24) is 4.98 Å². The van der Waals surface area contributed by atoms with Gasteiger partial charge >= 0.3 is 0 Å². The van der Waals surface area contributed by atoms with Crippen LogP contribution in [-0.4, -0.2) is 10.9 Å². The molecule has 2 N–H and O–H groups in total. The molecule has 1 heterocycles. The van der Waals surface area contributed by atoms with Crippen molar-refractivity contribution in [2.75, 3.05) is 0 Å². The highest BCUT2D eigenvalue weighted by atomic mass is 16.1. The Labute approximate surface area is 81.7 Å². The van der Waals surface area contributed by atoms with Gasteiger partial charge in [0.2, 0.25) is 5.91 Å². The molecule has 0 saturated carbocycles. The molecule has 1 aromatic rings. The van der Waals surface area contributed by atoms with Gasteiger partial charge in [-0.3, -0.25) is 9.78 Å². The number of amides is 1. The Bertz CT molecular complexity index is 406. The van der Waals surface area contributed by atoms with Gasteiger partial charge in [0.15, 0.2) is 0 Å². The first-order chi connectivity index (χ1) is 6.69. The Morgan fingerprint density at radius 3 is 3.00 bits per heavy atom. The van der Waals surface area contributed by atoms with Crippen LogP contribution in [-0.2, 0) is 0 Å².